The predicted octanol–water partition coefficient (Wildman–Crippen LogP) is 4.53. The molecule has 0 saturated heterocycles. The number of aromatic nitrogens is 2. The van der Waals surface area contributed by atoms with Crippen LogP contribution in [-0.4, -0.2) is 28.6 Å². The number of anilines is 1. The molecular formula is C24H26ClN5O2. The van der Waals surface area contributed by atoms with Crippen LogP contribution in [0.2, 0.25) is 5.28 Å². The van der Waals surface area contributed by atoms with Crippen molar-refractivity contribution in [1.82, 2.24) is 15.3 Å². The Morgan fingerprint density at radius 1 is 1.22 bits per heavy atom. The molecule has 1 amide bonds. The Kier molecular flexibility index (Phi) is 5.64. The first-order chi connectivity index (χ1) is 15.5. The second-order valence-corrected chi connectivity index (χ2v) is 9.91. The Bertz CT molecular complexity index is 1020. The summed E-state index contributed by atoms with van der Waals surface area (Å²) in [4.78, 5) is 20.6. The number of nitriles is 1. The molecule has 3 unspecified atom stereocenters. The molecule has 0 spiro atoms. The summed E-state index contributed by atoms with van der Waals surface area (Å²) < 4.78 is 5.48. The summed E-state index contributed by atoms with van der Waals surface area (Å²) in [6.45, 7) is 1.04. The van der Waals surface area contributed by atoms with Crippen LogP contribution in [0.1, 0.15) is 43.2 Å². The lowest BCUT2D eigenvalue weighted by molar-refractivity contribution is -0.0683. The molecule has 1 heterocycles. The van der Waals surface area contributed by atoms with Crippen molar-refractivity contribution in [2.24, 2.45) is 23.2 Å². The number of rotatable bonds is 6. The summed E-state index contributed by atoms with van der Waals surface area (Å²) in [5.41, 5.74) is 1.55. The van der Waals surface area contributed by atoms with Crippen LogP contribution in [0.25, 0.3) is 0 Å². The smallest absolute Gasteiger partial charge is 0.407 e. The fourth-order valence-electron chi connectivity index (χ4n) is 6.39. The molecule has 4 fully saturated rings. The van der Waals surface area contributed by atoms with Gasteiger partial charge in [0.25, 0.3) is 0 Å². The lowest BCUT2D eigenvalue weighted by Crippen LogP contribution is -2.60. The van der Waals surface area contributed by atoms with Gasteiger partial charge in [0.05, 0.1) is 6.20 Å². The first-order valence-electron chi connectivity index (χ1n) is 11.2. The van der Waals surface area contributed by atoms with E-state index in [0.29, 0.717) is 29.1 Å². The van der Waals surface area contributed by atoms with Crippen LogP contribution in [0.3, 0.4) is 0 Å². The molecule has 4 aliphatic rings. The van der Waals surface area contributed by atoms with Gasteiger partial charge in [-0.25, -0.2) is 9.78 Å². The van der Waals surface area contributed by atoms with Crippen molar-refractivity contribution in [2.45, 2.75) is 44.8 Å². The fourth-order valence-corrected chi connectivity index (χ4v) is 6.53. The maximum absolute atomic E-state index is 12.5. The third kappa shape index (κ3) is 4.24. The van der Waals surface area contributed by atoms with Gasteiger partial charge in [0.15, 0.2) is 0 Å². The molecule has 0 aliphatic heterocycles. The zero-order valence-electron chi connectivity index (χ0n) is 17.8. The van der Waals surface area contributed by atoms with E-state index in [0.717, 1.165) is 37.8 Å². The number of halogens is 1. The van der Waals surface area contributed by atoms with Gasteiger partial charge in [-0.2, -0.15) is 10.2 Å². The molecule has 2 aromatic rings. The van der Waals surface area contributed by atoms with E-state index < -0.39 is 0 Å². The van der Waals surface area contributed by atoms with Crippen LogP contribution in [-0.2, 0) is 11.3 Å². The minimum Gasteiger partial charge on any atom is -0.445 e. The lowest BCUT2D eigenvalue weighted by Gasteiger charge is -2.60. The SMILES string of the molecule is N#Cc1cnc(Cl)nc1NCC12CC3C[C@H](C1)C(NC(=O)OCc1ccccc1)[C@@H](C3)C2. The summed E-state index contributed by atoms with van der Waals surface area (Å²) >= 11 is 5.94. The van der Waals surface area contributed by atoms with E-state index in [1.165, 1.54) is 12.6 Å². The van der Waals surface area contributed by atoms with Crippen molar-refractivity contribution in [3.05, 3.63) is 52.9 Å². The number of amides is 1. The third-order valence-corrected chi connectivity index (χ3v) is 7.59. The van der Waals surface area contributed by atoms with Gasteiger partial charge in [0.1, 0.15) is 24.1 Å². The van der Waals surface area contributed by atoms with Crippen molar-refractivity contribution >= 4 is 23.5 Å². The number of nitrogens with zero attached hydrogens (tertiary/aromatic N) is 3. The number of ether oxygens (including phenoxy) is 1. The largest absolute Gasteiger partial charge is 0.445 e. The van der Waals surface area contributed by atoms with E-state index in [2.05, 4.69) is 26.7 Å². The van der Waals surface area contributed by atoms with Crippen LogP contribution in [0.15, 0.2) is 36.5 Å². The summed E-state index contributed by atoms with van der Waals surface area (Å²) in [6, 6.07) is 12.0. The highest BCUT2D eigenvalue weighted by atomic mass is 35.5. The van der Waals surface area contributed by atoms with Crippen LogP contribution >= 0.6 is 11.6 Å². The molecule has 1 aromatic carbocycles. The Morgan fingerprint density at radius 2 is 1.97 bits per heavy atom. The molecule has 32 heavy (non-hydrogen) atoms. The average molecular weight is 452 g/mol. The molecule has 0 radical (unpaired) electrons. The maximum atomic E-state index is 12.5. The van der Waals surface area contributed by atoms with Crippen LogP contribution in [0, 0.1) is 34.5 Å². The van der Waals surface area contributed by atoms with E-state index in [4.69, 9.17) is 16.3 Å². The van der Waals surface area contributed by atoms with Gasteiger partial charge >= 0.3 is 6.09 Å². The van der Waals surface area contributed by atoms with Crippen molar-refractivity contribution in [1.29, 1.82) is 5.26 Å². The normalized spacial score (nSPS) is 29.9. The standard InChI is InChI=1S/C24H26ClN5O2/c25-22-27-12-19(11-26)21(30-22)28-14-24-8-16-6-17(9-24)20(18(7-16)10-24)29-23(31)32-13-15-4-2-1-3-5-15/h1-5,12,16-18,20H,6-10,13-14H2,(H,29,31)(H,27,28,30)/t16?,17-,18+,20?,24?. The molecule has 4 aliphatic carbocycles. The predicted molar refractivity (Wildman–Crippen MR) is 120 cm³/mol. The number of alkyl carbamates (subject to hydrolysis) is 1. The van der Waals surface area contributed by atoms with Crippen LogP contribution in [0.4, 0.5) is 10.6 Å². The molecule has 4 bridgehead atoms. The first-order valence-corrected chi connectivity index (χ1v) is 11.6. The number of carbonyl (C=O) groups excluding carboxylic acids is 1. The quantitative estimate of drug-likeness (QED) is 0.625. The van der Waals surface area contributed by atoms with Crippen molar-refractivity contribution in [3.63, 3.8) is 0 Å². The minimum absolute atomic E-state index is 0.135. The second kappa shape index (κ2) is 8.59. The van der Waals surface area contributed by atoms with Crippen molar-refractivity contribution < 1.29 is 9.53 Å². The third-order valence-electron chi connectivity index (χ3n) is 7.41. The van der Waals surface area contributed by atoms with Crippen LogP contribution < -0.4 is 10.6 Å². The Hall–Kier alpha value is -2.85. The van der Waals surface area contributed by atoms with Crippen LogP contribution in [0.5, 0.6) is 0 Å². The Balaban J connectivity index is 1.21. The molecule has 166 valence electrons. The van der Waals surface area contributed by atoms with Gasteiger partial charge in [0, 0.05) is 12.6 Å². The molecule has 8 heteroatoms. The van der Waals surface area contributed by atoms with Crippen molar-refractivity contribution in [2.75, 3.05) is 11.9 Å². The van der Waals surface area contributed by atoms with E-state index >= 15 is 0 Å². The number of hydrogen-bond acceptors (Lipinski definition) is 6. The monoisotopic (exact) mass is 451 g/mol. The highest BCUT2D eigenvalue weighted by Crippen LogP contribution is 2.60. The van der Waals surface area contributed by atoms with E-state index in [-0.39, 0.29) is 29.4 Å². The van der Waals surface area contributed by atoms with Gasteiger partial charge in [-0.15, -0.1) is 0 Å². The summed E-state index contributed by atoms with van der Waals surface area (Å²) in [6.07, 6.45) is 6.73. The zero-order chi connectivity index (χ0) is 22.1. The van der Waals surface area contributed by atoms with E-state index in [1.807, 2.05) is 30.3 Å². The highest BCUT2D eigenvalue weighted by molar-refractivity contribution is 6.28. The summed E-state index contributed by atoms with van der Waals surface area (Å²) in [5, 5.41) is 16.0. The van der Waals surface area contributed by atoms with Gasteiger partial charge in [-0.05, 0) is 72.4 Å². The number of carbonyl (C=O) groups is 1. The number of benzene rings is 1. The molecule has 4 saturated carbocycles. The Morgan fingerprint density at radius 3 is 2.69 bits per heavy atom. The van der Waals surface area contributed by atoms with Gasteiger partial charge in [0.2, 0.25) is 5.28 Å². The van der Waals surface area contributed by atoms with Crippen molar-refractivity contribution in [3.8, 4) is 6.07 Å². The molecule has 5 atom stereocenters. The minimum atomic E-state index is -0.326. The zero-order valence-corrected chi connectivity index (χ0v) is 18.5. The van der Waals surface area contributed by atoms with Gasteiger partial charge in [-0.1, -0.05) is 30.3 Å². The molecule has 6 rings (SSSR count). The fraction of sp³-hybridized carbons (Fsp3) is 0.500. The number of nitrogens with one attached hydrogen (secondary N) is 2. The van der Waals surface area contributed by atoms with Gasteiger partial charge < -0.3 is 15.4 Å². The molecule has 7 nitrogen and oxygen atoms in total. The highest BCUT2D eigenvalue weighted by Gasteiger charge is 2.55. The number of hydrogen-bond donors (Lipinski definition) is 2. The Labute approximate surface area is 192 Å². The molecule has 1 aromatic heterocycles. The molecular weight excluding hydrogens is 426 g/mol. The van der Waals surface area contributed by atoms with E-state index in [9.17, 15) is 10.1 Å². The van der Waals surface area contributed by atoms with E-state index in [1.54, 1.807) is 0 Å². The second-order valence-electron chi connectivity index (χ2n) is 9.57. The molecule has 2 N–H and O–H groups in total. The maximum Gasteiger partial charge on any atom is 0.407 e. The average Bonchev–Trinajstić information content (AvgIpc) is 2.79. The lowest BCUT2D eigenvalue weighted by atomic mass is 9.48. The first kappa shape index (κ1) is 21.0. The van der Waals surface area contributed by atoms with Gasteiger partial charge in [-0.3, -0.25) is 0 Å². The topological polar surface area (TPSA) is 99.9 Å². The summed E-state index contributed by atoms with van der Waals surface area (Å²) in [5.74, 6) is 2.10. The summed E-state index contributed by atoms with van der Waals surface area (Å²) in [7, 11) is 0.